The molecule has 0 saturated carbocycles. The number of hydrogen-bond acceptors (Lipinski definition) is 3. The van der Waals surface area contributed by atoms with Crippen LogP contribution in [0.3, 0.4) is 0 Å². The second-order valence-electron chi connectivity index (χ2n) is 5.53. The second-order valence-corrected chi connectivity index (χ2v) is 5.53. The van der Waals surface area contributed by atoms with E-state index in [2.05, 4.69) is 24.3 Å². The lowest BCUT2D eigenvalue weighted by Crippen LogP contribution is -2.27. The van der Waals surface area contributed by atoms with Crippen LogP contribution in [0.25, 0.3) is 0 Å². The summed E-state index contributed by atoms with van der Waals surface area (Å²) in [4.78, 5) is 14.3. The minimum absolute atomic E-state index is 0.00241. The molecule has 0 fully saturated rings. The minimum atomic E-state index is 0.00241. The first-order valence-corrected chi connectivity index (χ1v) is 7.06. The maximum atomic E-state index is 12.6. The number of carbonyl (C=O) groups excluding carboxylic acids is 1. The zero-order valence-corrected chi connectivity index (χ0v) is 13.0. The van der Waals surface area contributed by atoms with E-state index in [4.69, 9.17) is 0 Å². The van der Waals surface area contributed by atoms with E-state index in [-0.39, 0.29) is 11.9 Å². The highest BCUT2D eigenvalue weighted by atomic mass is 16.2. The monoisotopic (exact) mass is 286 g/mol. The number of rotatable bonds is 5. The number of nitrogens with zero attached hydrogens (tertiary/aromatic N) is 3. The molecule has 5 heteroatoms. The summed E-state index contributed by atoms with van der Waals surface area (Å²) in [5.74, 6) is 0.00241. The molecule has 0 atom stereocenters. The summed E-state index contributed by atoms with van der Waals surface area (Å²) in [6, 6.07) is 7.89. The molecule has 0 saturated heterocycles. The standard InChI is InChI=1S/C16H22N4O/c1-12(2)18-15-8-6-5-7-14(15)16(21)19(3)10-13-9-17-20(4)11-13/h5-9,11-12,18H,10H2,1-4H3. The normalized spacial score (nSPS) is 10.7. The van der Waals surface area contributed by atoms with Crippen molar-refractivity contribution in [2.75, 3.05) is 12.4 Å². The predicted molar refractivity (Wildman–Crippen MR) is 84.2 cm³/mol. The number of benzene rings is 1. The molecule has 0 unspecified atom stereocenters. The summed E-state index contributed by atoms with van der Waals surface area (Å²) < 4.78 is 1.74. The number of hydrogen-bond donors (Lipinski definition) is 1. The molecule has 0 aliphatic carbocycles. The highest BCUT2D eigenvalue weighted by Crippen LogP contribution is 2.18. The quantitative estimate of drug-likeness (QED) is 0.919. The fourth-order valence-corrected chi connectivity index (χ4v) is 2.21. The Bertz CT molecular complexity index is 618. The molecule has 1 heterocycles. The van der Waals surface area contributed by atoms with Crippen molar-refractivity contribution in [2.45, 2.75) is 26.4 Å². The van der Waals surface area contributed by atoms with Crippen LogP contribution in [0.1, 0.15) is 29.8 Å². The molecule has 0 radical (unpaired) electrons. The molecule has 1 aromatic heterocycles. The highest BCUT2D eigenvalue weighted by molar-refractivity contribution is 5.99. The number of nitrogens with one attached hydrogen (secondary N) is 1. The summed E-state index contributed by atoms with van der Waals surface area (Å²) in [5, 5.41) is 7.44. The van der Waals surface area contributed by atoms with Crippen molar-refractivity contribution < 1.29 is 4.79 Å². The van der Waals surface area contributed by atoms with Crippen molar-refractivity contribution in [3.8, 4) is 0 Å². The van der Waals surface area contributed by atoms with Gasteiger partial charge in [-0.15, -0.1) is 0 Å². The molecule has 1 N–H and O–H groups in total. The Labute approximate surface area is 125 Å². The van der Waals surface area contributed by atoms with E-state index in [1.807, 2.05) is 44.6 Å². The van der Waals surface area contributed by atoms with E-state index in [0.717, 1.165) is 11.3 Å². The van der Waals surface area contributed by atoms with E-state index in [0.29, 0.717) is 12.1 Å². The average molecular weight is 286 g/mol. The van der Waals surface area contributed by atoms with E-state index in [1.54, 1.807) is 15.8 Å². The summed E-state index contributed by atoms with van der Waals surface area (Å²) in [5.41, 5.74) is 2.58. The van der Waals surface area contributed by atoms with E-state index >= 15 is 0 Å². The van der Waals surface area contributed by atoms with Gasteiger partial charge in [0, 0.05) is 44.1 Å². The summed E-state index contributed by atoms with van der Waals surface area (Å²) >= 11 is 0. The van der Waals surface area contributed by atoms with E-state index in [9.17, 15) is 4.79 Å². The summed E-state index contributed by atoms with van der Waals surface area (Å²) in [7, 11) is 3.68. The third-order valence-electron chi connectivity index (χ3n) is 3.13. The van der Waals surface area contributed by atoms with E-state index < -0.39 is 0 Å². The Kier molecular flexibility index (Phi) is 4.62. The highest BCUT2D eigenvalue weighted by Gasteiger charge is 2.16. The van der Waals surface area contributed by atoms with Gasteiger partial charge in [-0.05, 0) is 26.0 Å². The molecule has 21 heavy (non-hydrogen) atoms. The van der Waals surface area contributed by atoms with Crippen LogP contribution in [0.4, 0.5) is 5.69 Å². The SMILES string of the molecule is CC(C)Nc1ccccc1C(=O)N(C)Cc1cnn(C)c1. The molecule has 0 aliphatic rings. The lowest BCUT2D eigenvalue weighted by Gasteiger charge is -2.20. The van der Waals surface area contributed by atoms with Crippen molar-refractivity contribution in [3.63, 3.8) is 0 Å². The fourth-order valence-electron chi connectivity index (χ4n) is 2.21. The van der Waals surface area contributed by atoms with Crippen molar-refractivity contribution >= 4 is 11.6 Å². The smallest absolute Gasteiger partial charge is 0.255 e. The van der Waals surface area contributed by atoms with Crippen molar-refractivity contribution in [2.24, 2.45) is 7.05 Å². The van der Waals surface area contributed by atoms with Crippen LogP contribution in [0, 0.1) is 0 Å². The average Bonchev–Trinajstić information content (AvgIpc) is 2.83. The molecule has 0 bridgehead atoms. The molecule has 0 aliphatic heterocycles. The number of carbonyl (C=O) groups is 1. The van der Waals surface area contributed by atoms with Gasteiger partial charge >= 0.3 is 0 Å². The predicted octanol–water partition coefficient (Wildman–Crippen LogP) is 2.51. The van der Waals surface area contributed by atoms with Crippen LogP contribution in [-0.2, 0) is 13.6 Å². The number of anilines is 1. The first-order chi connectivity index (χ1) is 9.97. The van der Waals surface area contributed by atoms with Crippen LogP contribution >= 0.6 is 0 Å². The van der Waals surface area contributed by atoms with Gasteiger partial charge < -0.3 is 10.2 Å². The van der Waals surface area contributed by atoms with Gasteiger partial charge in [0.15, 0.2) is 0 Å². The number of amides is 1. The zero-order chi connectivity index (χ0) is 15.4. The molecule has 112 valence electrons. The third-order valence-corrected chi connectivity index (χ3v) is 3.13. The molecule has 5 nitrogen and oxygen atoms in total. The molecule has 0 spiro atoms. The van der Waals surface area contributed by atoms with Gasteiger partial charge in [0.25, 0.3) is 5.91 Å². The molecule has 2 rings (SSSR count). The van der Waals surface area contributed by atoms with Gasteiger partial charge in [0.1, 0.15) is 0 Å². The van der Waals surface area contributed by atoms with Crippen molar-refractivity contribution in [1.29, 1.82) is 0 Å². The summed E-state index contributed by atoms with van der Waals surface area (Å²) in [6.07, 6.45) is 3.70. The van der Waals surface area contributed by atoms with Gasteiger partial charge in [-0.3, -0.25) is 9.48 Å². The molecule has 2 aromatic rings. The maximum absolute atomic E-state index is 12.6. The van der Waals surface area contributed by atoms with Crippen LogP contribution in [0.2, 0.25) is 0 Å². The number of para-hydroxylation sites is 1. The van der Waals surface area contributed by atoms with Gasteiger partial charge in [0.2, 0.25) is 0 Å². The van der Waals surface area contributed by atoms with Crippen LogP contribution in [0.5, 0.6) is 0 Å². The molecular weight excluding hydrogens is 264 g/mol. The Morgan fingerprint density at radius 2 is 2.10 bits per heavy atom. The fraction of sp³-hybridized carbons (Fsp3) is 0.375. The molecule has 1 aromatic carbocycles. The van der Waals surface area contributed by atoms with Crippen LogP contribution in [-0.4, -0.2) is 33.7 Å². The Morgan fingerprint density at radius 3 is 2.71 bits per heavy atom. The van der Waals surface area contributed by atoms with Crippen molar-refractivity contribution in [1.82, 2.24) is 14.7 Å². The Morgan fingerprint density at radius 1 is 1.38 bits per heavy atom. The zero-order valence-electron chi connectivity index (χ0n) is 13.0. The number of aromatic nitrogens is 2. The lowest BCUT2D eigenvalue weighted by atomic mass is 10.1. The lowest BCUT2D eigenvalue weighted by molar-refractivity contribution is 0.0786. The second kappa shape index (κ2) is 6.43. The third kappa shape index (κ3) is 3.84. The Hall–Kier alpha value is -2.30. The van der Waals surface area contributed by atoms with Crippen LogP contribution < -0.4 is 5.32 Å². The molecular formula is C16H22N4O. The van der Waals surface area contributed by atoms with Crippen LogP contribution in [0.15, 0.2) is 36.7 Å². The maximum Gasteiger partial charge on any atom is 0.255 e. The topological polar surface area (TPSA) is 50.2 Å². The first-order valence-electron chi connectivity index (χ1n) is 7.06. The largest absolute Gasteiger partial charge is 0.382 e. The van der Waals surface area contributed by atoms with Gasteiger partial charge in [-0.25, -0.2) is 0 Å². The minimum Gasteiger partial charge on any atom is -0.382 e. The Balaban J connectivity index is 2.15. The van der Waals surface area contributed by atoms with Gasteiger partial charge in [-0.1, -0.05) is 12.1 Å². The number of aryl methyl sites for hydroxylation is 1. The molecule has 1 amide bonds. The van der Waals surface area contributed by atoms with Gasteiger partial charge in [-0.2, -0.15) is 5.10 Å². The van der Waals surface area contributed by atoms with E-state index in [1.165, 1.54) is 0 Å². The summed E-state index contributed by atoms with van der Waals surface area (Å²) in [6.45, 7) is 4.66. The van der Waals surface area contributed by atoms with Crippen molar-refractivity contribution in [3.05, 3.63) is 47.8 Å². The first kappa shape index (κ1) is 15.1. The van der Waals surface area contributed by atoms with Gasteiger partial charge in [0.05, 0.1) is 11.8 Å².